The molecule has 1 aliphatic rings. The molecule has 1 saturated heterocycles. The maximum Gasteiger partial charge on any atom is 0.330 e. The van der Waals surface area contributed by atoms with Gasteiger partial charge in [0.15, 0.2) is 0 Å². The minimum absolute atomic E-state index is 0.347. The summed E-state index contributed by atoms with van der Waals surface area (Å²) < 4.78 is 19.5. The molecule has 2 rings (SSSR count). The number of aromatic nitrogens is 2. The number of rotatable bonds is 3. The van der Waals surface area contributed by atoms with Gasteiger partial charge in [0.25, 0.3) is 11.5 Å². The lowest BCUT2D eigenvalue weighted by Gasteiger charge is -2.19. The average Bonchev–Trinajstić information content (AvgIpc) is 2.90. The first-order valence-corrected chi connectivity index (χ1v) is 5.92. The van der Waals surface area contributed by atoms with E-state index in [1.807, 2.05) is 4.98 Å². The Balaban J connectivity index is 2.18. The van der Waals surface area contributed by atoms with Crippen molar-refractivity contribution in [1.82, 2.24) is 14.6 Å². The van der Waals surface area contributed by atoms with Crippen molar-refractivity contribution >= 4 is 5.91 Å². The Morgan fingerprint density at radius 1 is 1.55 bits per heavy atom. The minimum Gasteiger partial charge on any atom is -0.345 e. The van der Waals surface area contributed by atoms with Crippen LogP contribution in [0.15, 0.2) is 15.8 Å². The number of H-pyrrole nitrogens is 1. The van der Waals surface area contributed by atoms with Crippen LogP contribution in [0.3, 0.4) is 0 Å². The molecule has 0 radical (unpaired) electrons. The molecule has 20 heavy (non-hydrogen) atoms. The zero-order chi connectivity index (χ0) is 14.9. The molecule has 1 amide bonds. The van der Waals surface area contributed by atoms with Crippen molar-refractivity contribution in [2.24, 2.45) is 0 Å². The number of ether oxygens (including phenoxy) is 1. The van der Waals surface area contributed by atoms with Crippen LogP contribution in [0.25, 0.3) is 0 Å². The molecular formula is C11H14FN3O5. The van der Waals surface area contributed by atoms with Gasteiger partial charge in [-0.05, 0) is 12.8 Å². The first-order valence-electron chi connectivity index (χ1n) is 5.92. The Morgan fingerprint density at radius 3 is 2.90 bits per heavy atom. The van der Waals surface area contributed by atoms with Crippen LogP contribution in [0.2, 0.25) is 0 Å². The fourth-order valence-electron chi connectivity index (χ4n) is 1.97. The van der Waals surface area contributed by atoms with E-state index in [0.717, 1.165) is 15.8 Å². The first kappa shape index (κ1) is 14.4. The molecule has 1 aromatic rings. The Morgan fingerprint density at radius 2 is 2.25 bits per heavy atom. The summed E-state index contributed by atoms with van der Waals surface area (Å²) in [4.78, 5) is 40.9. The van der Waals surface area contributed by atoms with Crippen LogP contribution in [-0.4, -0.2) is 40.8 Å². The van der Waals surface area contributed by atoms with E-state index in [9.17, 15) is 18.8 Å². The number of hydrogen-bond acceptors (Lipinski definition) is 5. The molecule has 2 heterocycles. The second kappa shape index (κ2) is 5.55. The number of halogens is 1. The third-order valence-electron chi connectivity index (χ3n) is 3.09. The lowest BCUT2D eigenvalue weighted by atomic mass is 10.2. The quantitative estimate of drug-likeness (QED) is 0.747. The fourth-order valence-corrected chi connectivity index (χ4v) is 1.97. The molecule has 0 aliphatic carbocycles. The van der Waals surface area contributed by atoms with Gasteiger partial charge in [-0.15, -0.1) is 0 Å². The number of aromatic amines is 1. The summed E-state index contributed by atoms with van der Waals surface area (Å²) >= 11 is 0. The minimum atomic E-state index is -1.09. The van der Waals surface area contributed by atoms with E-state index in [0.29, 0.717) is 12.8 Å². The summed E-state index contributed by atoms with van der Waals surface area (Å²) in [6.07, 6.45) is -0.0810. The van der Waals surface area contributed by atoms with Gasteiger partial charge >= 0.3 is 5.69 Å². The van der Waals surface area contributed by atoms with Crippen LogP contribution in [0.4, 0.5) is 4.39 Å². The number of nitrogens with one attached hydrogen (secondary N) is 1. The van der Waals surface area contributed by atoms with Crippen molar-refractivity contribution in [2.45, 2.75) is 25.2 Å². The predicted molar refractivity (Wildman–Crippen MR) is 64.2 cm³/mol. The number of likely N-dealkylation sites (N-methyl/N-ethyl adjacent to an activating group) is 1. The maximum absolute atomic E-state index is 13.2. The SMILES string of the molecule is CON(C)C(=O)C1CCC(n2cc(F)c(=O)[nH]c2=O)O1. The number of carbonyl (C=O) groups excluding carboxylic acids is 1. The number of hydrogen-bond donors (Lipinski definition) is 1. The summed E-state index contributed by atoms with van der Waals surface area (Å²) in [7, 11) is 2.77. The largest absolute Gasteiger partial charge is 0.345 e. The monoisotopic (exact) mass is 287 g/mol. The van der Waals surface area contributed by atoms with Crippen molar-refractivity contribution in [3.8, 4) is 0 Å². The Hall–Kier alpha value is -2.00. The molecule has 1 fully saturated rings. The third-order valence-corrected chi connectivity index (χ3v) is 3.09. The molecule has 2 atom stereocenters. The predicted octanol–water partition coefficient (Wildman–Crippen LogP) is -0.627. The van der Waals surface area contributed by atoms with Crippen molar-refractivity contribution in [3.63, 3.8) is 0 Å². The Labute approximate surface area is 112 Å². The smallest absolute Gasteiger partial charge is 0.330 e. The van der Waals surface area contributed by atoms with Gasteiger partial charge in [0.2, 0.25) is 5.82 Å². The van der Waals surface area contributed by atoms with Crippen LogP contribution in [0, 0.1) is 5.82 Å². The van der Waals surface area contributed by atoms with E-state index in [-0.39, 0.29) is 0 Å². The Kier molecular flexibility index (Phi) is 4.00. The van der Waals surface area contributed by atoms with E-state index in [2.05, 4.69) is 0 Å². The lowest BCUT2D eigenvalue weighted by molar-refractivity contribution is -0.181. The first-order chi connectivity index (χ1) is 9.43. The highest BCUT2D eigenvalue weighted by molar-refractivity contribution is 5.79. The highest BCUT2D eigenvalue weighted by Gasteiger charge is 2.34. The van der Waals surface area contributed by atoms with Crippen LogP contribution in [0.5, 0.6) is 0 Å². The zero-order valence-electron chi connectivity index (χ0n) is 11.0. The molecule has 0 aromatic carbocycles. The molecule has 2 unspecified atom stereocenters. The number of amides is 1. The van der Waals surface area contributed by atoms with E-state index < -0.39 is 35.3 Å². The highest BCUT2D eigenvalue weighted by Crippen LogP contribution is 2.27. The second-order valence-electron chi connectivity index (χ2n) is 4.32. The van der Waals surface area contributed by atoms with E-state index in [1.165, 1.54) is 14.2 Å². The molecule has 0 spiro atoms. The molecule has 1 aromatic heterocycles. The van der Waals surface area contributed by atoms with Crippen molar-refractivity contribution in [2.75, 3.05) is 14.2 Å². The summed E-state index contributed by atoms with van der Waals surface area (Å²) in [5.74, 6) is -1.48. The fraction of sp³-hybridized carbons (Fsp3) is 0.545. The van der Waals surface area contributed by atoms with Crippen molar-refractivity contribution < 1.29 is 18.8 Å². The van der Waals surface area contributed by atoms with Gasteiger partial charge in [-0.2, -0.15) is 4.39 Å². The number of carbonyl (C=O) groups is 1. The van der Waals surface area contributed by atoms with E-state index in [4.69, 9.17) is 9.57 Å². The molecular weight excluding hydrogens is 273 g/mol. The standard InChI is InChI=1S/C11H14FN3O5/c1-14(19-2)10(17)7-3-4-8(20-7)15-5-6(12)9(16)13-11(15)18/h5,7-8H,3-4H2,1-2H3,(H,13,16,18). The van der Waals surface area contributed by atoms with Gasteiger partial charge in [0.05, 0.1) is 13.3 Å². The number of nitrogens with zero attached hydrogens (tertiary/aromatic N) is 2. The molecule has 0 saturated carbocycles. The van der Waals surface area contributed by atoms with Gasteiger partial charge < -0.3 is 4.74 Å². The van der Waals surface area contributed by atoms with E-state index >= 15 is 0 Å². The van der Waals surface area contributed by atoms with Crippen LogP contribution >= 0.6 is 0 Å². The molecule has 1 aliphatic heterocycles. The summed E-state index contributed by atoms with van der Waals surface area (Å²) in [6.45, 7) is 0. The van der Waals surface area contributed by atoms with E-state index in [1.54, 1.807) is 0 Å². The molecule has 1 N–H and O–H groups in total. The number of hydroxylamine groups is 2. The molecule has 8 nitrogen and oxygen atoms in total. The zero-order valence-corrected chi connectivity index (χ0v) is 11.0. The average molecular weight is 287 g/mol. The highest BCUT2D eigenvalue weighted by atomic mass is 19.1. The Bertz CT molecular complexity index is 625. The van der Waals surface area contributed by atoms with Gasteiger partial charge in [0, 0.05) is 7.05 Å². The molecule has 110 valence electrons. The van der Waals surface area contributed by atoms with Crippen molar-refractivity contribution in [3.05, 3.63) is 32.9 Å². The summed E-state index contributed by atoms with van der Waals surface area (Å²) in [6, 6.07) is 0. The summed E-state index contributed by atoms with van der Waals surface area (Å²) in [5, 5.41) is 1.02. The molecule has 9 heteroatoms. The van der Waals surface area contributed by atoms with Crippen LogP contribution < -0.4 is 11.2 Å². The van der Waals surface area contributed by atoms with Crippen LogP contribution in [-0.2, 0) is 14.4 Å². The van der Waals surface area contributed by atoms with Crippen LogP contribution in [0.1, 0.15) is 19.1 Å². The lowest BCUT2D eigenvalue weighted by Crippen LogP contribution is -2.37. The van der Waals surface area contributed by atoms with Gasteiger partial charge in [-0.25, -0.2) is 9.86 Å². The van der Waals surface area contributed by atoms with Gasteiger partial charge in [-0.3, -0.25) is 24.0 Å². The maximum atomic E-state index is 13.2. The molecule has 0 bridgehead atoms. The topological polar surface area (TPSA) is 93.6 Å². The summed E-state index contributed by atoms with van der Waals surface area (Å²) in [5.41, 5.74) is -1.87. The third kappa shape index (κ3) is 2.63. The van der Waals surface area contributed by atoms with Gasteiger partial charge in [0.1, 0.15) is 12.3 Å². The second-order valence-corrected chi connectivity index (χ2v) is 4.32. The van der Waals surface area contributed by atoms with Crippen molar-refractivity contribution in [1.29, 1.82) is 0 Å². The normalized spacial score (nSPS) is 21.9. The van der Waals surface area contributed by atoms with Gasteiger partial charge in [-0.1, -0.05) is 0 Å².